The van der Waals surface area contributed by atoms with E-state index in [0.717, 1.165) is 5.69 Å². The summed E-state index contributed by atoms with van der Waals surface area (Å²) < 4.78 is 4.99. The van der Waals surface area contributed by atoms with Gasteiger partial charge in [0.25, 0.3) is 0 Å². The Hall–Kier alpha value is -1.36. The van der Waals surface area contributed by atoms with Crippen LogP contribution >= 0.6 is 0 Å². The van der Waals surface area contributed by atoms with Gasteiger partial charge in [-0.25, -0.2) is 0 Å². The number of hydrogen-bond acceptors (Lipinski definition) is 4. The summed E-state index contributed by atoms with van der Waals surface area (Å²) >= 11 is 0. The number of nitrogens with zero attached hydrogens (tertiary/aromatic N) is 1. The molecular weight excluding hydrogens is 208 g/mol. The molecule has 90 valence electrons. The number of nitrogens with one attached hydrogen (secondary N) is 1. The molecule has 0 bridgehead atoms. The Kier molecular flexibility index (Phi) is 4.49. The van der Waals surface area contributed by atoms with Crippen LogP contribution in [-0.2, 0) is 11.3 Å². The highest BCUT2D eigenvalue weighted by molar-refractivity contribution is 5.73. The molecule has 1 heterocycles. The highest BCUT2D eigenvalue weighted by Crippen LogP contribution is 2.07. The second-order valence-corrected chi connectivity index (χ2v) is 4.34. The van der Waals surface area contributed by atoms with Gasteiger partial charge in [0.1, 0.15) is 6.04 Å². The Balaban J connectivity index is 2.46. The Morgan fingerprint density at radius 2 is 2.31 bits per heavy atom. The van der Waals surface area contributed by atoms with Crippen molar-refractivity contribution in [2.24, 2.45) is 5.92 Å². The van der Waals surface area contributed by atoms with Crippen LogP contribution in [0.2, 0.25) is 0 Å². The zero-order valence-electron chi connectivity index (χ0n) is 9.86. The van der Waals surface area contributed by atoms with E-state index in [0.29, 0.717) is 24.6 Å². The van der Waals surface area contributed by atoms with E-state index in [1.807, 2.05) is 20.8 Å². The third kappa shape index (κ3) is 4.02. The molecule has 0 radical (unpaired) electrons. The zero-order chi connectivity index (χ0) is 12.1. The number of aromatic nitrogens is 1. The van der Waals surface area contributed by atoms with Crippen LogP contribution in [0.3, 0.4) is 0 Å². The lowest BCUT2D eigenvalue weighted by atomic mass is 10.0. The summed E-state index contributed by atoms with van der Waals surface area (Å²) in [6.07, 6.45) is 0.600. The van der Waals surface area contributed by atoms with Gasteiger partial charge in [0.05, 0.1) is 12.2 Å². The standard InChI is InChI=1S/C11H18N2O3/c1-7(2)4-10(11(14)15)12-6-9-5-8(3)13-16-9/h5,7,10,12H,4,6H2,1-3H3,(H,14,15). The summed E-state index contributed by atoms with van der Waals surface area (Å²) in [5.41, 5.74) is 0.799. The van der Waals surface area contributed by atoms with Gasteiger partial charge in [-0.2, -0.15) is 0 Å². The molecular formula is C11H18N2O3. The van der Waals surface area contributed by atoms with E-state index in [1.54, 1.807) is 6.07 Å². The average Bonchev–Trinajstić information content (AvgIpc) is 2.58. The summed E-state index contributed by atoms with van der Waals surface area (Å²) in [6, 6.07) is 1.26. The quantitative estimate of drug-likeness (QED) is 0.770. The minimum Gasteiger partial charge on any atom is -0.480 e. The molecule has 5 nitrogen and oxygen atoms in total. The van der Waals surface area contributed by atoms with Gasteiger partial charge in [0.15, 0.2) is 5.76 Å². The Bertz CT molecular complexity index is 347. The molecule has 16 heavy (non-hydrogen) atoms. The molecule has 0 aromatic carbocycles. The topological polar surface area (TPSA) is 75.4 Å². The fraction of sp³-hybridized carbons (Fsp3) is 0.636. The third-order valence-electron chi connectivity index (χ3n) is 2.20. The van der Waals surface area contributed by atoms with Crippen LogP contribution in [0.25, 0.3) is 0 Å². The predicted molar refractivity (Wildman–Crippen MR) is 59.0 cm³/mol. The summed E-state index contributed by atoms with van der Waals surface area (Å²) in [5.74, 6) is 0.169. The minimum atomic E-state index is -0.829. The molecule has 0 aliphatic rings. The third-order valence-corrected chi connectivity index (χ3v) is 2.20. The van der Waals surface area contributed by atoms with Crippen molar-refractivity contribution in [3.05, 3.63) is 17.5 Å². The van der Waals surface area contributed by atoms with Crippen LogP contribution in [-0.4, -0.2) is 22.3 Å². The fourth-order valence-electron chi connectivity index (χ4n) is 1.47. The van der Waals surface area contributed by atoms with Crippen LogP contribution in [0.5, 0.6) is 0 Å². The van der Waals surface area contributed by atoms with E-state index in [-0.39, 0.29) is 0 Å². The molecule has 0 spiro atoms. The van der Waals surface area contributed by atoms with Gasteiger partial charge in [0, 0.05) is 6.07 Å². The zero-order valence-corrected chi connectivity index (χ0v) is 9.86. The Morgan fingerprint density at radius 3 is 2.75 bits per heavy atom. The Labute approximate surface area is 94.8 Å². The summed E-state index contributed by atoms with van der Waals surface area (Å²) in [4.78, 5) is 11.0. The number of aryl methyl sites for hydroxylation is 1. The lowest BCUT2D eigenvalue weighted by molar-refractivity contribution is -0.140. The van der Waals surface area contributed by atoms with E-state index < -0.39 is 12.0 Å². The second kappa shape index (κ2) is 5.65. The number of rotatable bonds is 6. The van der Waals surface area contributed by atoms with Crippen LogP contribution in [0.15, 0.2) is 10.6 Å². The molecule has 1 unspecified atom stereocenters. The molecule has 0 amide bonds. The molecule has 0 saturated carbocycles. The van der Waals surface area contributed by atoms with Gasteiger partial charge >= 0.3 is 5.97 Å². The largest absolute Gasteiger partial charge is 0.480 e. The fourth-order valence-corrected chi connectivity index (χ4v) is 1.47. The van der Waals surface area contributed by atoms with Crippen molar-refractivity contribution in [1.29, 1.82) is 0 Å². The van der Waals surface area contributed by atoms with Gasteiger partial charge in [-0.1, -0.05) is 19.0 Å². The molecule has 1 atom stereocenters. The second-order valence-electron chi connectivity index (χ2n) is 4.34. The number of hydrogen-bond donors (Lipinski definition) is 2. The highest BCUT2D eigenvalue weighted by Gasteiger charge is 2.18. The van der Waals surface area contributed by atoms with E-state index in [1.165, 1.54) is 0 Å². The van der Waals surface area contributed by atoms with Gasteiger partial charge in [0.2, 0.25) is 0 Å². The molecule has 1 aromatic rings. The minimum absolute atomic E-state index is 0.338. The lowest BCUT2D eigenvalue weighted by Gasteiger charge is -2.15. The van der Waals surface area contributed by atoms with E-state index in [9.17, 15) is 4.79 Å². The van der Waals surface area contributed by atoms with Gasteiger partial charge in [-0.3, -0.25) is 10.1 Å². The van der Waals surface area contributed by atoms with Crippen molar-refractivity contribution >= 4 is 5.97 Å². The molecule has 0 aliphatic carbocycles. The molecule has 5 heteroatoms. The molecule has 2 N–H and O–H groups in total. The van der Waals surface area contributed by atoms with Crippen molar-refractivity contribution in [2.45, 2.75) is 39.8 Å². The highest BCUT2D eigenvalue weighted by atomic mass is 16.5. The number of carbonyl (C=O) groups is 1. The van der Waals surface area contributed by atoms with Gasteiger partial charge in [-0.05, 0) is 19.3 Å². The van der Waals surface area contributed by atoms with Gasteiger partial charge in [-0.15, -0.1) is 0 Å². The SMILES string of the molecule is Cc1cc(CNC(CC(C)C)C(=O)O)on1. The number of carboxylic acid groups (broad SMARTS) is 1. The van der Waals surface area contributed by atoms with E-state index in [4.69, 9.17) is 9.63 Å². The molecule has 0 aliphatic heterocycles. The first-order valence-corrected chi connectivity index (χ1v) is 5.37. The van der Waals surface area contributed by atoms with Crippen molar-refractivity contribution in [3.8, 4) is 0 Å². The van der Waals surface area contributed by atoms with Crippen molar-refractivity contribution in [3.63, 3.8) is 0 Å². The van der Waals surface area contributed by atoms with Crippen molar-refractivity contribution < 1.29 is 14.4 Å². The Morgan fingerprint density at radius 1 is 1.62 bits per heavy atom. The molecule has 0 fully saturated rings. The van der Waals surface area contributed by atoms with Crippen LogP contribution < -0.4 is 5.32 Å². The smallest absolute Gasteiger partial charge is 0.320 e. The van der Waals surface area contributed by atoms with Crippen LogP contribution in [0.4, 0.5) is 0 Å². The van der Waals surface area contributed by atoms with Crippen LogP contribution in [0.1, 0.15) is 31.7 Å². The normalized spacial score (nSPS) is 13.0. The lowest BCUT2D eigenvalue weighted by Crippen LogP contribution is -2.37. The maximum absolute atomic E-state index is 11.0. The molecule has 1 aromatic heterocycles. The monoisotopic (exact) mass is 226 g/mol. The number of carboxylic acids is 1. The summed E-state index contributed by atoms with van der Waals surface area (Å²) in [7, 11) is 0. The summed E-state index contributed by atoms with van der Waals surface area (Å²) in [5, 5.41) is 15.7. The maximum atomic E-state index is 11.0. The first kappa shape index (κ1) is 12.7. The van der Waals surface area contributed by atoms with Gasteiger partial charge < -0.3 is 9.63 Å². The van der Waals surface area contributed by atoms with E-state index >= 15 is 0 Å². The summed E-state index contributed by atoms with van der Waals surface area (Å²) in [6.45, 7) is 6.22. The first-order chi connectivity index (χ1) is 7.49. The van der Waals surface area contributed by atoms with Crippen molar-refractivity contribution in [1.82, 2.24) is 10.5 Å². The first-order valence-electron chi connectivity index (χ1n) is 5.37. The molecule has 0 saturated heterocycles. The number of aliphatic carboxylic acids is 1. The predicted octanol–water partition coefficient (Wildman–Crippen LogP) is 1.57. The maximum Gasteiger partial charge on any atom is 0.320 e. The van der Waals surface area contributed by atoms with Crippen LogP contribution in [0, 0.1) is 12.8 Å². The van der Waals surface area contributed by atoms with Crippen molar-refractivity contribution in [2.75, 3.05) is 0 Å². The van der Waals surface area contributed by atoms with E-state index in [2.05, 4.69) is 10.5 Å². The molecule has 1 rings (SSSR count). The average molecular weight is 226 g/mol.